The molecule has 2 heterocycles. The number of benzene rings is 1. The van der Waals surface area contributed by atoms with Gasteiger partial charge in [-0.05, 0) is 25.5 Å². The van der Waals surface area contributed by atoms with Crippen molar-refractivity contribution in [3.63, 3.8) is 0 Å². The van der Waals surface area contributed by atoms with Gasteiger partial charge in [0.15, 0.2) is 33.8 Å². The number of para-hydroxylation sites is 1. The van der Waals surface area contributed by atoms with Crippen LogP contribution in [-0.4, -0.2) is 30.9 Å². The summed E-state index contributed by atoms with van der Waals surface area (Å²) < 4.78 is 21.3. The Kier molecular flexibility index (Phi) is 6.63. The molecule has 3 rings (SSSR count). The Morgan fingerprint density at radius 3 is 2.86 bits per heavy atom. The Morgan fingerprint density at radius 1 is 1.39 bits per heavy atom. The van der Waals surface area contributed by atoms with E-state index in [0.29, 0.717) is 22.5 Å². The summed E-state index contributed by atoms with van der Waals surface area (Å²) in [6, 6.07) is 6.21. The van der Waals surface area contributed by atoms with Crippen molar-refractivity contribution >= 4 is 34.1 Å². The number of carbonyl (C=O) groups is 1. The quantitative estimate of drug-likeness (QED) is 0.553. The van der Waals surface area contributed by atoms with Crippen molar-refractivity contribution in [3.8, 4) is 5.75 Å². The van der Waals surface area contributed by atoms with E-state index < -0.39 is 11.9 Å². The molecule has 0 aliphatic rings. The predicted octanol–water partition coefficient (Wildman–Crippen LogP) is 4.06. The van der Waals surface area contributed by atoms with E-state index >= 15 is 0 Å². The number of nitrogens with one attached hydrogen (secondary N) is 1. The van der Waals surface area contributed by atoms with Gasteiger partial charge in [-0.15, -0.1) is 21.5 Å². The van der Waals surface area contributed by atoms with Gasteiger partial charge in [0.1, 0.15) is 0 Å². The van der Waals surface area contributed by atoms with Crippen molar-refractivity contribution in [2.45, 2.75) is 36.8 Å². The van der Waals surface area contributed by atoms with Gasteiger partial charge in [0.05, 0.1) is 5.25 Å². The van der Waals surface area contributed by atoms with Gasteiger partial charge in [0.25, 0.3) is 0 Å². The number of aromatic nitrogens is 4. The molecule has 1 N–H and O–H groups in total. The largest absolute Gasteiger partial charge is 0.480 e. The number of ether oxygens (including phenoxy) is 1. The number of anilines is 1. The Hall–Kier alpha value is -2.46. The van der Waals surface area contributed by atoms with Gasteiger partial charge in [-0.25, -0.2) is 9.37 Å². The molecule has 1 aromatic carbocycles. The van der Waals surface area contributed by atoms with Crippen LogP contribution in [0.15, 0.2) is 41.0 Å². The molecule has 2 atom stereocenters. The lowest BCUT2D eigenvalue weighted by Crippen LogP contribution is -2.25. The number of halogens is 1. The maximum Gasteiger partial charge on any atom is 0.239 e. The maximum absolute atomic E-state index is 13.8. The van der Waals surface area contributed by atoms with E-state index in [4.69, 9.17) is 4.74 Å². The van der Waals surface area contributed by atoms with Gasteiger partial charge in [-0.3, -0.25) is 4.79 Å². The maximum atomic E-state index is 13.8. The number of nitrogens with zero attached hydrogens (tertiary/aromatic N) is 4. The van der Waals surface area contributed by atoms with Gasteiger partial charge in [-0.2, -0.15) is 0 Å². The summed E-state index contributed by atoms with van der Waals surface area (Å²) >= 11 is 2.68. The molecule has 0 saturated carbocycles. The summed E-state index contributed by atoms with van der Waals surface area (Å²) in [5.74, 6) is 0.126. The third-order valence-corrected chi connectivity index (χ3v) is 6.03. The van der Waals surface area contributed by atoms with Crippen LogP contribution in [0.3, 0.4) is 0 Å². The number of thiazole rings is 1. The van der Waals surface area contributed by atoms with Crippen LogP contribution < -0.4 is 10.1 Å². The van der Waals surface area contributed by atoms with E-state index in [1.807, 2.05) is 6.92 Å². The second-order valence-electron chi connectivity index (χ2n) is 5.93. The van der Waals surface area contributed by atoms with Gasteiger partial charge in [-0.1, -0.05) is 30.8 Å². The Labute approximate surface area is 170 Å². The molecule has 0 spiro atoms. The molecule has 0 aliphatic carbocycles. The highest BCUT2D eigenvalue weighted by Crippen LogP contribution is 2.28. The molecule has 0 aliphatic heterocycles. The molecule has 10 heteroatoms. The number of hydrogen-bond donors (Lipinski definition) is 1. The Balaban J connectivity index is 1.69. The second kappa shape index (κ2) is 9.16. The monoisotopic (exact) mass is 421 g/mol. The first-order valence-corrected chi connectivity index (χ1v) is 10.4. The molecular weight excluding hydrogens is 401 g/mol. The first-order valence-electron chi connectivity index (χ1n) is 8.67. The number of hydrogen-bond acceptors (Lipinski definition) is 7. The van der Waals surface area contributed by atoms with Gasteiger partial charge in [0, 0.05) is 18.6 Å². The van der Waals surface area contributed by atoms with Crippen molar-refractivity contribution in [1.82, 2.24) is 19.7 Å². The van der Waals surface area contributed by atoms with E-state index in [2.05, 4.69) is 20.5 Å². The van der Waals surface area contributed by atoms with Crippen LogP contribution in [0.2, 0.25) is 0 Å². The zero-order valence-electron chi connectivity index (χ0n) is 15.6. The third-order valence-electron chi connectivity index (χ3n) is 3.95. The fourth-order valence-corrected chi connectivity index (χ4v) is 3.95. The van der Waals surface area contributed by atoms with Gasteiger partial charge < -0.3 is 14.6 Å². The van der Waals surface area contributed by atoms with Crippen molar-refractivity contribution in [2.24, 2.45) is 7.05 Å². The summed E-state index contributed by atoms with van der Waals surface area (Å²) in [7, 11) is 1.80. The minimum atomic E-state index is -0.507. The zero-order valence-corrected chi connectivity index (χ0v) is 17.3. The SMILES string of the molecule is CCC(Sc1nnc(C(C)Oc2ccccc2F)n1C)C(=O)Nc1nccs1. The molecule has 0 bridgehead atoms. The van der Waals surface area contributed by atoms with E-state index in [9.17, 15) is 9.18 Å². The molecule has 148 valence electrons. The van der Waals surface area contributed by atoms with Crippen LogP contribution in [-0.2, 0) is 11.8 Å². The average molecular weight is 422 g/mol. The molecule has 1 amide bonds. The normalized spacial score (nSPS) is 13.1. The molecule has 3 aromatic rings. The standard InChI is InChI=1S/C18H20FN5O2S2/c1-4-14(16(25)21-17-20-9-10-27-17)28-18-23-22-15(24(18)3)11(2)26-13-8-6-5-7-12(13)19/h5-11,14H,4H2,1-3H3,(H,20,21,25). The Bertz CT molecular complexity index is 932. The molecular formula is C18H20FN5O2S2. The lowest BCUT2D eigenvalue weighted by atomic mass is 10.3. The van der Waals surface area contributed by atoms with E-state index in [1.54, 1.807) is 48.3 Å². The van der Waals surface area contributed by atoms with Crippen LogP contribution in [0, 0.1) is 5.82 Å². The first kappa shape index (κ1) is 20.3. The fourth-order valence-electron chi connectivity index (χ4n) is 2.49. The highest BCUT2D eigenvalue weighted by atomic mass is 32.2. The van der Waals surface area contributed by atoms with Crippen molar-refractivity contribution < 1.29 is 13.9 Å². The lowest BCUT2D eigenvalue weighted by Gasteiger charge is -2.16. The van der Waals surface area contributed by atoms with Crippen LogP contribution >= 0.6 is 23.1 Å². The molecule has 0 saturated heterocycles. The van der Waals surface area contributed by atoms with Crippen LogP contribution in [0.25, 0.3) is 0 Å². The van der Waals surface area contributed by atoms with E-state index in [0.717, 1.165) is 0 Å². The number of amides is 1. The molecule has 28 heavy (non-hydrogen) atoms. The minimum absolute atomic E-state index is 0.136. The van der Waals surface area contributed by atoms with Crippen molar-refractivity contribution in [2.75, 3.05) is 5.32 Å². The lowest BCUT2D eigenvalue weighted by molar-refractivity contribution is -0.115. The summed E-state index contributed by atoms with van der Waals surface area (Å²) in [4.78, 5) is 16.6. The molecule has 2 unspecified atom stereocenters. The van der Waals surface area contributed by atoms with Crippen LogP contribution in [0.5, 0.6) is 5.75 Å². The molecule has 2 aromatic heterocycles. The number of thioether (sulfide) groups is 1. The van der Waals surface area contributed by atoms with E-state index in [-0.39, 0.29) is 16.9 Å². The van der Waals surface area contributed by atoms with Crippen LogP contribution in [0.4, 0.5) is 9.52 Å². The number of carbonyl (C=O) groups excluding carboxylic acids is 1. The highest BCUT2D eigenvalue weighted by Gasteiger charge is 2.24. The van der Waals surface area contributed by atoms with Crippen molar-refractivity contribution in [3.05, 3.63) is 47.5 Å². The smallest absolute Gasteiger partial charge is 0.239 e. The summed E-state index contributed by atoms with van der Waals surface area (Å²) in [5.41, 5.74) is 0. The fraction of sp³-hybridized carbons (Fsp3) is 0.333. The summed E-state index contributed by atoms with van der Waals surface area (Å²) in [6.45, 7) is 3.71. The van der Waals surface area contributed by atoms with Gasteiger partial charge in [0.2, 0.25) is 5.91 Å². The average Bonchev–Trinajstić information content (AvgIpc) is 3.31. The molecule has 0 fully saturated rings. The minimum Gasteiger partial charge on any atom is -0.480 e. The number of rotatable bonds is 8. The van der Waals surface area contributed by atoms with E-state index in [1.165, 1.54) is 29.2 Å². The summed E-state index contributed by atoms with van der Waals surface area (Å²) in [5, 5.41) is 13.8. The van der Waals surface area contributed by atoms with Gasteiger partial charge >= 0.3 is 0 Å². The Morgan fingerprint density at radius 2 is 2.18 bits per heavy atom. The summed E-state index contributed by atoms with van der Waals surface area (Å²) in [6.07, 6.45) is 1.75. The third kappa shape index (κ3) is 4.68. The first-order chi connectivity index (χ1) is 13.5. The predicted molar refractivity (Wildman–Crippen MR) is 107 cm³/mol. The highest BCUT2D eigenvalue weighted by molar-refractivity contribution is 8.00. The van der Waals surface area contributed by atoms with Crippen molar-refractivity contribution in [1.29, 1.82) is 0 Å². The molecule has 7 nitrogen and oxygen atoms in total. The molecule has 0 radical (unpaired) electrons. The topological polar surface area (TPSA) is 81.9 Å². The van der Waals surface area contributed by atoms with Crippen LogP contribution in [0.1, 0.15) is 32.2 Å². The zero-order chi connectivity index (χ0) is 20.1. The second-order valence-corrected chi connectivity index (χ2v) is 8.00.